The Morgan fingerprint density at radius 2 is 1.92 bits per heavy atom. The maximum Gasteiger partial charge on any atom is 0.337 e. The Kier molecular flexibility index (Phi) is 7.09. The van der Waals surface area contributed by atoms with Crippen LogP contribution in [-0.4, -0.2) is 47.2 Å². The van der Waals surface area contributed by atoms with E-state index in [1.165, 1.54) is 25.5 Å². The zero-order chi connectivity index (χ0) is 24.9. The topological polar surface area (TPSA) is 87.3 Å². The molecule has 1 fully saturated rings. The van der Waals surface area contributed by atoms with Crippen molar-refractivity contribution in [2.75, 3.05) is 25.5 Å². The average Bonchev–Trinajstić information content (AvgIpc) is 3.37. The molecule has 1 saturated heterocycles. The van der Waals surface area contributed by atoms with E-state index in [0.717, 1.165) is 42.5 Å². The van der Waals surface area contributed by atoms with Crippen LogP contribution in [0, 0.1) is 5.92 Å². The number of likely N-dealkylation sites (tertiary alicyclic amines) is 1. The van der Waals surface area contributed by atoms with Crippen molar-refractivity contribution in [3.63, 3.8) is 0 Å². The van der Waals surface area contributed by atoms with Crippen LogP contribution in [-0.2, 0) is 17.7 Å². The predicted molar refractivity (Wildman–Crippen MR) is 140 cm³/mol. The van der Waals surface area contributed by atoms with Gasteiger partial charge in [-0.15, -0.1) is 0 Å². The number of aromatic amines is 1. The zero-order valence-electron chi connectivity index (χ0n) is 20.4. The molecule has 7 heteroatoms. The van der Waals surface area contributed by atoms with Crippen LogP contribution in [0.2, 0.25) is 0 Å². The SMILES string of the molecule is COC(=O)c1cccc(NC(=O)c2cccc(CN3CCCC(Cc4ccc5[nH]ncc5c4)C3)c2)c1. The Labute approximate surface area is 210 Å². The lowest BCUT2D eigenvalue weighted by atomic mass is 9.90. The van der Waals surface area contributed by atoms with E-state index in [0.29, 0.717) is 22.7 Å². The number of H-pyrrole nitrogens is 1. The predicted octanol–water partition coefficient (Wildman–Crippen LogP) is 5.06. The van der Waals surface area contributed by atoms with Crippen molar-refractivity contribution in [2.45, 2.75) is 25.8 Å². The summed E-state index contributed by atoms with van der Waals surface area (Å²) in [7, 11) is 1.34. The van der Waals surface area contributed by atoms with Gasteiger partial charge in [0.1, 0.15) is 0 Å². The van der Waals surface area contributed by atoms with Crippen molar-refractivity contribution in [3.05, 3.63) is 95.2 Å². The van der Waals surface area contributed by atoms with Gasteiger partial charge in [-0.25, -0.2) is 4.79 Å². The van der Waals surface area contributed by atoms with E-state index in [2.05, 4.69) is 44.7 Å². The summed E-state index contributed by atoms with van der Waals surface area (Å²) in [4.78, 5) is 27.2. The smallest absolute Gasteiger partial charge is 0.337 e. The molecule has 4 aromatic rings. The van der Waals surface area contributed by atoms with Gasteiger partial charge in [-0.05, 0) is 85.3 Å². The third-order valence-corrected chi connectivity index (χ3v) is 6.77. The molecule has 7 nitrogen and oxygen atoms in total. The Bertz CT molecular complexity index is 1380. The third kappa shape index (κ3) is 5.63. The molecule has 0 bridgehead atoms. The van der Waals surface area contributed by atoms with Gasteiger partial charge in [0.15, 0.2) is 0 Å². The molecule has 5 rings (SSSR count). The number of piperidine rings is 1. The van der Waals surface area contributed by atoms with E-state index in [-0.39, 0.29) is 5.91 Å². The Hall–Kier alpha value is -3.97. The molecule has 2 N–H and O–H groups in total. The molecule has 1 aliphatic heterocycles. The molecule has 184 valence electrons. The van der Waals surface area contributed by atoms with Crippen LogP contribution in [0.5, 0.6) is 0 Å². The maximum absolute atomic E-state index is 12.9. The molecule has 2 heterocycles. The fourth-order valence-corrected chi connectivity index (χ4v) is 5.03. The molecule has 0 spiro atoms. The quantitative estimate of drug-likeness (QED) is 0.360. The Morgan fingerprint density at radius 1 is 1.06 bits per heavy atom. The number of hydrogen-bond donors (Lipinski definition) is 2. The first-order chi connectivity index (χ1) is 17.6. The van der Waals surface area contributed by atoms with Gasteiger partial charge in [-0.3, -0.25) is 14.8 Å². The highest BCUT2D eigenvalue weighted by Gasteiger charge is 2.21. The van der Waals surface area contributed by atoms with E-state index in [1.807, 2.05) is 24.4 Å². The van der Waals surface area contributed by atoms with E-state index >= 15 is 0 Å². The first-order valence-corrected chi connectivity index (χ1v) is 12.3. The number of ether oxygens (including phenoxy) is 1. The fourth-order valence-electron chi connectivity index (χ4n) is 5.03. The second kappa shape index (κ2) is 10.7. The Morgan fingerprint density at radius 3 is 2.81 bits per heavy atom. The van der Waals surface area contributed by atoms with Crippen LogP contribution in [0.1, 0.15) is 44.7 Å². The summed E-state index contributed by atoms with van der Waals surface area (Å²) >= 11 is 0. The van der Waals surface area contributed by atoms with Crippen molar-refractivity contribution in [1.29, 1.82) is 0 Å². The standard InChI is InChI=1S/C29H30N4O3/c1-36-29(35)24-8-3-9-26(16-24)31-28(34)23-7-2-5-22(15-23)19-33-12-4-6-21(18-33)13-20-10-11-27-25(14-20)17-30-32-27/h2-3,5,7-11,14-17,21H,4,6,12-13,18-19H2,1H3,(H,30,32)(H,31,34). The summed E-state index contributed by atoms with van der Waals surface area (Å²) in [5.74, 6) is -0.0309. The lowest BCUT2D eigenvalue weighted by molar-refractivity contribution is 0.0600. The first kappa shape index (κ1) is 23.8. The Balaban J connectivity index is 1.20. The molecule has 1 unspecified atom stereocenters. The van der Waals surface area contributed by atoms with Gasteiger partial charge in [0.25, 0.3) is 5.91 Å². The minimum atomic E-state index is -0.435. The first-order valence-electron chi connectivity index (χ1n) is 12.3. The van der Waals surface area contributed by atoms with E-state index in [1.54, 1.807) is 24.3 Å². The minimum absolute atomic E-state index is 0.204. The maximum atomic E-state index is 12.9. The normalized spacial score (nSPS) is 16.1. The number of anilines is 1. The number of hydrogen-bond acceptors (Lipinski definition) is 5. The summed E-state index contributed by atoms with van der Waals surface area (Å²) in [5.41, 5.74) is 5.09. The summed E-state index contributed by atoms with van der Waals surface area (Å²) in [6, 6.07) is 21.1. The van der Waals surface area contributed by atoms with Crippen molar-refractivity contribution < 1.29 is 14.3 Å². The van der Waals surface area contributed by atoms with Crippen molar-refractivity contribution in [2.24, 2.45) is 5.92 Å². The molecule has 0 radical (unpaired) electrons. The van der Waals surface area contributed by atoms with Crippen LogP contribution in [0.3, 0.4) is 0 Å². The number of carbonyl (C=O) groups excluding carboxylic acids is 2. The van der Waals surface area contributed by atoms with Gasteiger partial charge < -0.3 is 10.1 Å². The van der Waals surface area contributed by atoms with Crippen molar-refractivity contribution in [1.82, 2.24) is 15.1 Å². The number of aromatic nitrogens is 2. The van der Waals surface area contributed by atoms with Crippen LogP contribution in [0.4, 0.5) is 5.69 Å². The van der Waals surface area contributed by atoms with Crippen LogP contribution < -0.4 is 5.32 Å². The second-order valence-corrected chi connectivity index (χ2v) is 9.47. The molecule has 0 aliphatic carbocycles. The number of esters is 1. The fraction of sp³-hybridized carbons (Fsp3) is 0.276. The average molecular weight is 483 g/mol. The molecule has 1 aromatic heterocycles. The summed E-state index contributed by atoms with van der Waals surface area (Å²) in [6.45, 7) is 2.92. The highest BCUT2D eigenvalue weighted by atomic mass is 16.5. The number of fused-ring (bicyclic) bond motifs is 1. The van der Waals surface area contributed by atoms with Crippen LogP contribution in [0.15, 0.2) is 72.9 Å². The molecule has 1 amide bonds. The number of methoxy groups -OCH3 is 1. The zero-order valence-corrected chi connectivity index (χ0v) is 20.4. The summed E-state index contributed by atoms with van der Waals surface area (Å²) in [6.07, 6.45) is 5.35. The number of carbonyl (C=O) groups is 2. The van der Waals surface area contributed by atoms with Gasteiger partial charge >= 0.3 is 5.97 Å². The van der Waals surface area contributed by atoms with Gasteiger partial charge in [-0.2, -0.15) is 5.10 Å². The van der Waals surface area contributed by atoms with E-state index in [9.17, 15) is 9.59 Å². The highest BCUT2D eigenvalue weighted by molar-refractivity contribution is 6.05. The van der Waals surface area contributed by atoms with Gasteiger partial charge in [-0.1, -0.05) is 24.3 Å². The van der Waals surface area contributed by atoms with E-state index < -0.39 is 5.97 Å². The summed E-state index contributed by atoms with van der Waals surface area (Å²) < 4.78 is 4.76. The van der Waals surface area contributed by atoms with Crippen LogP contribution in [0.25, 0.3) is 10.9 Å². The van der Waals surface area contributed by atoms with Crippen molar-refractivity contribution in [3.8, 4) is 0 Å². The number of rotatable bonds is 7. The number of benzene rings is 3. The van der Waals surface area contributed by atoms with Gasteiger partial charge in [0, 0.05) is 29.7 Å². The monoisotopic (exact) mass is 482 g/mol. The molecule has 1 atom stereocenters. The minimum Gasteiger partial charge on any atom is -0.465 e. The second-order valence-electron chi connectivity index (χ2n) is 9.47. The number of amides is 1. The molecular weight excluding hydrogens is 452 g/mol. The molecule has 36 heavy (non-hydrogen) atoms. The molecule has 1 aliphatic rings. The number of nitrogens with one attached hydrogen (secondary N) is 2. The lowest BCUT2D eigenvalue weighted by Gasteiger charge is -2.33. The van der Waals surface area contributed by atoms with Crippen LogP contribution >= 0.6 is 0 Å². The molecular formula is C29H30N4O3. The summed E-state index contributed by atoms with van der Waals surface area (Å²) in [5, 5.41) is 11.2. The van der Waals surface area contributed by atoms with E-state index in [4.69, 9.17) is 4.74 Å². The number of nitrogens with zero attached hydrogens (tertiary/aromatic N) is 2. The van der Waals surface area contributed by atoms with Gasteiger partial charge in [0.05, 0.1) is 24.4 Å². The largest absolute Gasteiger partial charge is 0.465 e. The molecule has 0 saturated carbocycles. The van der Waals surface area contributed by atoms with Crippen molar-refractivity contribution >= 4 is 28.5 Å². The highest BCUT2D eigenvalue weighted by Crippen LogP contribution is 2.24. The lowest BCUT2D eigenvalue weighted by Crippen LogP contribution is -2.35. The van der Waals surface area contributed by atoms with Gasteiger partial charge in [0.2, 0.25) is 0 Å². The molecule has 3 aromatic carbocycles. The third-order valence-electron chi connectivity index (χ3n) is 6.77.